The van der Waals surface area contributed by atoms with E-state index in [9.17, 15) is 0 Å². The molecule has 0 saturated heterocycles. The number of pyridine rings is 1. The van der Waals surface area contributed by atoms with Crippen molar-refractivity contribution in [3.63, 3.8) is 0 Å². The zero-order valence-corrected chi connectivity index (χ0v) is 40.0. The van der Waals surface area contributed by atoms with Gasteiger partial charge in [0.25, 0.3) is 0 Å². The number of allylic oxidation sites excluding steroid dienone is 6. The Kier molecular flexibility index (Phi) is 47.2. The molecule has 0 unspecified atom stereocenters. The molecule has 0 saturated carbocycles. The normalized spacial score (nSPS) is 10.1. The molecule has 10 aromatic rings. The minimum atomic E-state index is 0.889. The van der Waals surface area contributed by atoms with E-state index in [-0.39, 0.29) is 0 Å². The Morgan fingerprint density at radius 1 is 0.400 bits per heavy atom. The number of hydrogen-bond acceptors (Lipinski definition) is 17. The fraction of sp³-hybridized carbons (Fsp3) is 0.0566. The second kappa shape index (κ2) is 56.1. The van der Waals surface area contributed by atoms with Crippen LogP contribution in [0.4, 0.5) is 0 Å². The van der Waals surface area contributed by atoms with E-state index in [1.165, 1.54) is 36.8 Å². The minimum absolute atomic E-state index is 0.889. The molecule has 0 bridgehead atoms. The fourth-order valence-electron chi connectivity index (χ4n) is 3.44. The molecule has 13 rings (SSSR count). The van der Waals surface area contributed by atoms with Crippen LogP contribution in [-0.2, 0) is 0 Å². The molecule has 0 N–H and O–H groups in total. The van der Waals surface area contributed by atoms with E-state index in [1.807, 2.05) is 138 Å². The van der Waals surface area contributed by atoms with Gasteiger partial charge in [0, 0.05) is 98.6 Å². The molecular weight excluding hydrogens is 917 g/mol. The molecule has 0 atom stereocenters. The number of oxazole rings is 1. The number of benzene rings is 1. The second-order valence-corrected chi connectivity index (χ2v) is 13.0. The van der Waals surface area contributed by atoms with Crippen LogP contribution in [-0.4, -0.2) is 68.6 Å². The first-order chi connectivity index (χ1) is 35.0. The summed E-state index contributed by atoms with van der Waals surface area (Å²) in [6, 6.07) is 34.5. The average molecular weight is 973 g/mol. The lowest BCUT2D eigenvalue weighted by Crippen LogP contribution is -1.69. The molecule has 0 fully saturated rings. The number of aliphatic imine (C=N–C) groups is 2. The maximum atomic E-state index is 4.58. The standard InChI is InChI=1S/C6H6.C5H5N.C5H6.3C4H4N2.2C4H5N.C4H4O.C4H4S.2C3H3NO.C3H3NS/c2*1-2-4-6-5-3-1;1-2-4-5-3-1;1-2-6-4-3-5-1;1-2-5-4-6-3-1;1-2-4-6-5-3-1;4*1-2-4-5-3-1;1-2-5-3-4-1;2*1-2-4-5-3-1/h1-6H;1-5H;1-4H,5H2;3*1-4H;1,3-4H,2H2;1-3H,4H2;2*1-4H;3*1-3H. The van der Waals surface area contributed by atoms with Gasteiger partial charge in [-0.05, 0) is 89.4 Å². The Morgan fingerprint density at radius 2 is 1.03 bits per heavy atom. The summed E-state index contributed by atoms with van der Waals surface area (Å²) in [4.78, 5) is 29.8. The Hall–Kier alpha value is -9.06. The summed E-state index contributed by atoms with van der Waals surface area (Å²) in [5.41, 5.74) is 0. The summed E-state index contributed by atoms with van der Waals surface area (Å²) >= 11 is 3.18. The van der Waals surface area contributed by atoms with Gasteiger partial charge in [-0.25, -0.2) is 19.3 Å². The Morgan fingerprint density at radius 3 is 1.21 bits per heavy atom. The summed E-state index contributed by atoms with van der Waals surface area (Å²) in [6.07, 6.45) is 52.8. The Balaban J connectivity index is 0.000000379. The highest BCUT2D eigenvalue weighted by molar-refractivity contribution is 7.07. The van der Waals surface area contributed by atoms with E-state index in [4.69, 9.17) is 0 Å². The smallest absolute Gasteiger partial charge is 0.180 e. The molecule has 1 aliphatic carbocycles. The monoisotopic (exact) mass is 972 g/mol. The predicted octanol–water partition coefficient (Wildman–Crippen LogP) is 12.8. The van der Waals surface area contributed by atoms with Crippen LogP contribution in [0.5, 0.6) is 0 Å². The van der Waals surface area contributed by atoms with Crippen LogP contribution in [0.1, 0.15) is 12.8 Å². The SMILES string of the molecule is C1=CCC=C1.C1=CCN=C1.C1=CN=CC1.c1ccccc1.c1ccncc1.c1ccnnc1.c1ccoc1.c1ccsc1.c1cnccn1.c1cncnc1.c1cnoc1.c1cnsc1.c1cocn1. The summed E-state index contributed by atoms with van der Waals surface area (Å²) in [6.45, 7) is 0.889. The van der Waals surface area contributed by atoms with Crippen molar-refractivity contribution in [3.8, 4) is 0 Å². The van der Waals surface area contributed by atoms with Crippen molar-refractivity contribution in [2.75, 3.05) is 6.54 Å². The number of thiophene rings is 1. The third kappa shape index (κ3) is 53.3. The Bertz CT molecular complexity index is 1810. The van der Waals surface area contributed by atoms with Crippen molar-refractivity contribution in [2.45, 2.75) is 12.8 Å². The van der Waals surface area contributed by atoms with E-state index in [0.717, 1.165) is 19.4 Å². The van der Waals surface area contributed by atoms with E-state index < -0.39 is 0 Å². The van der Waals surface area contributed by atoms with Crippen molar-refractivity contribution < 1.29 is 13.4 Å². The first kappa shape index (κ1) is 59.0. The van der Waals surface area contributed by atoms with Crippen molar-refractivity contribution in [1.29, 1.82) is 0 Å². The number of rotatable bonds is 0. The molecule has 2 aliphatic heterocycles. The van der Waals surface area contributed by atoms with Gasteiger partial charge in [-0.3, -0.25) is 24.9 Å². The number of furan rings is 1. The molecule has 9 aromatic heterocycles. The maximum Gasteiger partial charge on any atom is 0.180 e. The lowest BCUT2D eigenvalue weighted by Gasteiger charge is -1.70. The molecule has 3 aliphatic rings. The van der Waals surface area contributed by atoms with Crippen molar-refractivity contribution in [3.05, 3.63) is 292 Å². The van der Waals surface area contributed by atoms with Gasteiger partial charge in [0.1, 0.15) is 18.9 Å². The average Bonchev–Trinajstić information content (AvgIpc) is 4.33. The summed E-state index contributed by atoms with van der Waals surface area (Å²) in [5.74, 6) is 0. The summed E-state index contributed by atoms with van der Waals surface area (Å²) in [5, 5.41) is 16.4. The first-order valence-electron chi connectivity index (χ1n) is 21.0. The topological polar surface area (TPSA) is 193 Å². The molecule has 0 amide bonds. The number of nitrogens with zero attached hydrogens (tertiary/aromatic N) is 12. The molecule has 1 aromatic carbocycles. The van der Waals surface area contributed by atoms with Gasteiger partial charge in [-0.2, -0.15) is 21.5 Å². The van der Waals surface area contributed by atoms with Crippen molar-refractivity contribution in [2.24, 2.45) is 9.98 Å². The number of aromatic nitrogens is 10. The van der Waals surface area contributed by atoms with E-state index in [1.54, 1.807) is 129 Å². The lowest BCUT2D eigenvalue weighted by atomic mass is 10.4. The number of hydrogen-bond donors (Lipinski definition) is 0. The zero-order chi connectivity index (χ0) is 49.5. The van der Waals surface area contributed by atoms with Gasteiger partial charge in [-0.15, -0.1) is 0 Å². The fourth-order valence-corrected chi connectivity index (χ4v) is 4.24. The zero-order valence-electron chi connectivity index (χ0n) is 38.4. The summed E-state index contributed by atoms with van der Waals surface area (Å²) < 4.78 is 17.2. The van der Waals surface area contributed by atoms with Crippen molar-refractivity contribution >= 4 is 35.3 Å². The van der Waals surface area contributed by atoms with E-state index >= 15 is 0 Å². The lowest BCUT2D eigenvalue weighted by molar-refractivity contribution is 0.420. The molecular formula is C53H56N12O3S2. The van der Waals surface area contributed by atoms with Gasteiger partial charge < -0.3 is 13.4 Å². The first-order valence-corrected chi connectivity index (χ1v) is 22.8. The van der Waals surface area contributed by atoms with E-state index in [0.29, 0.717) is 0 Å². The van der Waals surface area contributed by atoms with Crippen LogP contribution in [0.25, 0.3) is 0 Å². The maximum absolute atomic E-state index is 4.58. The third-order valence-corrected chi connectivity index (χ3v) is 7.45. The van der Waals surface area contributed by atoms with Gasteiger partial charge in [0.15, 0.2) is 6.39 Å². The highest BCUT2D eigenvalue weighted by atomic mass is 32.1. The van der Waals surface area contributed by atoms with Crippen LogP contribution in [0.15, 0.2) is 316 Å². The third-order valence-electron chi connectivity index (χ3n) is 6.30. The van der Waals surface area contributed by atoms with Gasteiger partial charge in [-0.1, -0.05) is 96.2 Å². The minimum Gasteiger partial charge on any atom is -0.473 e. The highest BCUT2D eigenvalue weighted by Crippen LogP contribution is 1.93. The van der Waals surface area contributed by atoms with Crippen LogP contribution in [0, 0.1) is 0 Å². The molecule has 0 radical (unpaired) electrons. The molecule has 70 heavy (non-hydrogen) atoms. The van der Waals surface area contributed by atoms with Gasteiger partial charge in [0.2, 0.25) is 0 Å². The summed E-state index contributed by atoms with van der Waals surface area (Å²) in [7, 11) is 0. The Labute approximate surface area is 418 Å². The second-order valence-electron chi connectivity index (χ2n) is 11.5. The molecule has 0 spiro atoms. The molecule has 17 heteroatoms. The predicted molar refractivity (Wildman–Crippen MR) is 283 cm³/mol. The van der Waals surface area contributed by atoms with Crippen LogP contribution < -0.4 is 0 Å². The van der Waals surface area contributed by atoms with Gasteiger partial charge in [0.05, 0.1) is 31.5 Å². The highest BCUT2D eigenvalue weighted by Gasteiger charge is 1.74. The van der Waals surface area contributed by atoms with E-state index in [2.05, 4.69) is 97.3 Å². The molecule has 358 valence electrons. The van der Waals surface area contributed by atoms with Crippen LogP contribution in [0.3, 0.4) is 0 Å². The van der Waals surface area contributed by atoms with Crippen LogP contribution in [0.2, 0.25) is 0 Å². The van der Waals surface area contributed by atoms with Gasteiger partial charge >= 0.3 is 0 Å². The largest absolute Gasteiger partial charge is 0.473 e. The van der Waals surface area contributed by atoms with Crippen molar-refractivity contribution in [1.82, 2.24) is 49.6 Å². The molecule has 11 heterocycles. The van der Waals surface area contributed by atoms with Crippen LogP contribution >= 0.6 is 22.9 Å². The quantitative estimate of drug-likeness (QED) is 0.139. The molecule has 15 nitrogen and oxygen atoms in total.